The molecule has 7 nitrogen and oxygen atoms in total. The van der Waals surface area contributed by atoms with Crippen LogP contribution in [-0.4, -0.2) is 33.4 Å². The zero-order valence-corrected chi connectivity index (χ0v) is 9.48. The molecule has 0 fully saturated rings. The Kier molecular flexibility index (Phi) is 2.28. The van der Waals surface area contributed by atoms with Gasteiger partial charge in [0, 0.05) is 10.8 Å². The maximum Gasteiger partial charge on any atom is 0.415 e. The van der Waals surface area contributed by atoms with Crippen LogP contribution in [0.1, 0.15) is 0 Å². The van der Waals surface area contributed by atoms with Crippen LogP contribution in [-0.2, 0) is 9.63 Å². The molecule has 1 aromatic rings. The highest BCUT2D eigenvalue weighted by Gasteiger charge is 2.41. The minimum Gasteiger partial charge on any atom is -0.477 e. The number of nitrogens with zero attached hydrogens (tertiary/aromatic N) is 2. The monoisotopic (exact) mass is 260 g/mol. The van der Waals surface area contributed by atoms with Gasteiger partial charge in [0.2, 0.25) is 6.23 Å². The lowest BCUT2D eigenvalue weighted by Crippen LogP contribution is -2.43. The summed E-state index contributed by atoms with van der Waals surface area (Å²) in [6.07, 6.45) is -1.14. The normalized spacial score (nSPS) is 19.8. The molecule has 19 heavy (non-hydrogen) atoms. The molecule has 0 saturated heterocycles. The first-order valence-corrected chi connectivity index (χ1v) is 5.40. The first kappa shape index (κ1) is 11.3. The highest BCUT2D eigenvalue weighted by atomic mass is 16.7. The van der Waals surface area contributed by atoms with Crippen molar-refractivity contribution in [2.45, 2.75) is 6.23 Å². The van der Waals surface area contributed by atoms with Gasteiger partial charge < -0.3 is 15.1 Å². The van der Waals surface area contributed by atoms with Crippen LogP contribution >= 0.6 is 0 Å². The molecule has 2 heterocycles. The average molecular weight is 260 g/mol. The van der Waals surface area contributed by atoms with Crippen LogP contribution in [0.25, 0.3) is 5.57 Å². The van der Waals surface area contributed by atoms with Gasteiger partial charge >= 0.3 is 12.1 Å². The zero-order chi connectivity index (χ0) is 13.6. The number of rotatable bonds is 1. The maximum atomic E-state index is 11.2. The van der Waals surface area contributed by atoms with Crippen molar-refractivity contribution in [2.75, 3.05) is 0 Å². The summed E-state index contributed by atoms with van der Waals surface area (Å²) in [5.41, 5.74) is 0.129. The van der Waals surface area contributed by atoms with E-state index in [0.717, 1.165) is 0 Å². The Bertz CT molecular complexity index is 737. The average Bonchev–Trinajstić information content (AvgIpc) is 2.78. The van der Waals surface area contributed by atoms with E-state index in [1.165, 1.54) is 6.08 Å². The summed E-state index contributed by atoms with van der Waals surface area (Å²) in [6, 6.07) is 6.97. The summed E-state index contributed by atoms with van der Waals surface area (Å²) in [4.78, 5) is 28.0. The molecule has 96 valence electrons. The van der Waals surface area contributed by atoms with Crippen LogP contribution in [0.2, 0.25) is 0 Å². The Morgan fingerprint density at radius 3 is 2.68 bits per heavy atom. The molecule has 0 aromatic heterocycles. The van der Waals surface area contributed by atoms with Crippen molar-refractivity contribution in [3.63, 3.8) is 0 Å². The SMILES string of the molecule is O=C(O)C1=CC2=c3ccccc3=NOC2N1C(=O)O. The Morgan fingerprint density at radius 1 is 1.26 bits per heavy atom. The fraction of sp³-hybridized carbons (Fsp3) is 0.0833. The number of hydrogen-bond acceptors (Lipinski definition) is 4. The lowest BCUT2D eigenvalue weighted by atomic mass is 10.1. The largest absolute Gasteiger partial charge is 0.477 e. The molecule has 1 unspecified atom stereocenters. The van der Waals surface area contributed by atoms with Crippen LogP contribution < -0.4 is 10.6 Å². The van der Waals surface area contributed by atoms with Crippen molar-refractivity contribution in [2.24, 2.45) is 5.16 Å². The molecule has 0 saturated carbocycles. The van der Waals surface area contributed by atoms with Crippen molar-refractivity contribution >= 4 is 17.6 Å². The van der Waals surface area contributed by atoms with Gasteiger partial charge in [-0.2, -0.15) is 0 Å². The van der Waals surface area contributed by atoms with Crippen LogP contribution in [0.3, 0.4) is 0 Å². The van der Waals surface area contributed by atoms with Gasteiger partial charge in [-0.25, -0.2) is 14.5 Å². The topological polar surface area (TPSA) is 99.4 Å². The van der Waals surface area contributed by atoms with E-state index in [9.17, 15) is 9.59 Å². The van der Waals surface area contributed by atoms with Crippen molar-refractivity contribution in [3.05, 3.63) is 46.6 Å². The summed E-state index contributed by atoms with van der Waals surface area (Å²) < 4.78 is 0. The van der Waals surface area contributed by atoms with Crippen LogP contribution in [0.15, 0.2) is 41.2 Å². The number of hydrogen-bond donors (Lipinski definition) is 2. The summed E-state index contributed by atoms with van der Waals surface area (Å²) in [6.45, 7) is 0. The molecule has 3 rings (SSSR count). The lowest BCUT2D eigenvalue weighted by Gasteiger charge is -2.23. The number of carboxylic acid groups (broad SMARTS) is 2. The Balaban J connectivity index is 2.29. The molecule has 7 heteroatoms. The van der Waals surface area contributed by atoms with E-state index in [0.29, 0.717) is 21.0 Å². The molecular formula is C12H8N2O5. The van der Waals surface area contributed by atoms with Crippen LogP contribution in [0, 0.1) is 0 Å². The molecule has 0 aliphatic carbocycles. The van der Waals surface area contributed by atoms with Crippen LogP contribution in [0.4, 0.5) is 4.79 Å². The summed E-state index contributed by atoms with van der Waals surface area (Å²) >= 11 is 0. The second-order valence-electron chi connectivity index (χ2n) is 4.01. The Hall–Kier alpha value is -2.83. The predicted molar refractivity (Wildman–Crippen MR) is 61.1 cm³/mol. The maximum absolute atomic E-state index is 11.2. The molecule has 1 aromatic carbocycles. The minimum absolute atomic E-state index is 0.348. The molecule has 0 bridgehead atoms. The fourth-order valence-electron chi connectivity index (χ4n) is 2.14. The van der Waals surface area contributed by atoms with Crippen molar-refractivity contribution in [1.82, 2.24) is 4.90 Å². The van der Waals surface area contributed by atoms with Gasteiger partial charge in [0.1, 0.15) is 11.1 Å². The lowest BCUT2D eigenvalue weighted by molar-refractivity contribution is -0.135. The Labute approximate surface area is 106 Å². The number of benzene rings is 1. The number of aliphatic carboxylic acids is 1. The van der Waals surface area contributed by atoms with E-state index in [-0.39, 0.29) is 5.70 Å². The van der Waals surface area contributed by atoms with Crippen molar-refractivity contribution < 1.29 is 24.6 Å². The highest BCUT2D eigenvalue weighted by Crippen LogP contribution is 2.29. The quantitative estimate of drug-likeness (QED) is 0.721. The molecular weight excluding hydrogens is 252 g/mol. The molecule has 2 aliphatic heterocycles. The molecule has 2 aliphatic rings. The molecule has 1 atom stereocenters. The van der Waals surface area contributed by atoms with E-state index in [2.05, 4.69) is 5.16 Å². The van der Waals surface area contributed by atoms with E-state index in [4.69, 9.17) is 15.1 Å². The van der Waals surface area contributed by atoms with Gasteiger partial charge in [0.25, 0.3) is 0 Å². The van der Waals surface area contributed by atoms with E-state index >= 15 is 0 Å². The minimum atomic E-state index is -1.40. The third kappa shape index (κ3) is 1.55. The molecule has 0 spiro atoms. The summed E-state index contributed by atoms with van der Waals surface area (Å²) in [5.74, 6) is -1.33. The van der Waals surface area contributed by atoms with Crippen molar-refractivity contribution in [3.8, 4) is 0 Å². The second kappa shape index (κ2) is 3.84. The van der Waals surface area contributed by atoms with Gasteiger partial charge in [0.05, 0.1) is 0 Å². The number of amides is 1. The number of carbonyl (C=O) groups is 2. The van der Waals surface area contributed by atoms with Crippen LogP contribution in [0.5, 0.6) is 0 Å². The number of carboxylic acids is 1. The van der Waals surface area contributed by atoms with Crippen molar-refractivity contribution in [1.29, 1.82) is 0 Å². The molecule has 0 radical (unpaired) electrons. The fourth-order valence-corrected chi connectivity index (χ4v) is 2.14. The Morgan fingerprint density at radius 2 is 2.00 bits per heavy atom. The van der Waals surface area contributed by atoms with E-state index in [1.807, 2.05) is 0 Å². The molecule has 1 amide bonds. The third-order valence-electron chi connectivity index (χ3n) is 2.94. The number of fused-ring (bicyclic) bond motifs is 2. The van der Waals surface area contributed by atoms with E-state index < -0.39 is 18.3 Å². The summed E-state index contributed by atoms with van der Waals surface area (Å²) in [5, 5.41) is 23.2. The van der Waals surface area contributed by atoms with Gasteiger partial charge in [-0.15, -0.1) is 0 Å². The molecule has 2 N–H and O–H groups in total. The predicted octanol–water partition coefficient (Wildman–Crippen LogP) is -0.310. The first-order valence-electron chi connectivity index (χ1n) is 5.40. The second-order valence-corrected chi connectivity index (χ2v) is 4.01. The zero-order valence-electron chi connectivity index (χ0n) is 9.48. The van der Waals surface area contributed by atoms with Gasteiger partial charge in [-0.05, 0) is 12.1 Å². The standard InChI is InChI=1S/C12H8N2O5/c15-11(16)9-5-7-6-3-1-2-4-8(6)13-19-10(7)14(9)12(17)18/h1-5,10H,(H,15,16)(H,17,18). The first-order chi connectivity index (χ1) is 9.09. The third-order valence-corrected chi connectivity index (χ3v) is 2.94. The van der Waals surface area contributed by atoms with E-state index in [1.54, 1.807) is 24.3 Å². The van der Waals surface area contributed by atoms with Gasteiger partial charge in [-0.1, -0.05) is 23.4 Å². The van der Waals surface area contributed by atoms with Gasteiger partial charge in [0.15, 0.2) is 0 Å². The smallest absolute Gasteiger partial charge is 0.415 e. The highest BCUT2D eigenvalue weighted by molar-refractivity contribution is 5.96. The summed E-state index contributed by atoms with van der Waals surface area (Å²) in [7, 11) is 0. The van der Waals surface area contributed by atoms with Gasteiger partial charge in [-0.3, -0.25) is 0 Å².